The van der Waals surface area contributed by atoms with Gasteiger partial charge in [0, 0.05) is 38.9 Å². The number of hydrogen-bond acceptors (Lipinski definition) is 4. The van der Waals surface area contributed by atoms with E-state index < -0.39 is 23.8 Å². The van der Waals surface area contributed by atoms with Crippen molar-refractivity contribution in [2.75, 3.05) is 26.2 Å². The van der Waals surface area contributed by atoms with E-state index in [9.17, 15) is 22.8 Å². The number of benzene rings is 1. The molecule has 0 saturated carbocycles. The quantitative estimate of drug-likeness (QED) is 0.820. The fourth-order valence-electron chi connectivity index (χ4n) is 3.17. The summed E-state index contributed by atoms with van der Waals surface area (Å²) in [7, 11) is 0. The molecule has 1 aliphatic heterocycles. The highest BCUT2D eigenvalue weighted by Gasteiger charge is 2.30. The van der Waals surface area contributed by atoms with Gasteiger partial charge >= 0.3 is 12.1 Å². The Morgan fingerprint density at radius 1 is 1.21 bits per heavy atom. The number of carbonyl (C=O) groups is 2. The number of rotatable bonds is 5. The molecule has 0 bridgehead atoms. The Labute approximate surface area is 165 Å². The normalized spacial score (nSPS) is 16.6. The minimum Gasteiger partial charge on any atom is -0.480 e. The maximum atomic E-state index is 12.8. The summed E-state index contributed by atoms with van der Waals surface area (Å²) in [4.78, 5) is 27.3. The maximum absolute atomic E-state index is 12.8. The van der Waals surface area contributed by atoms with E-state index in [0.717, 1.165) is 12.1 Å². The molecule has 7 nitrogen and oxygen atoms in total. The van der Waals surface area contributed by atoms with E-state index in [1.807, 2.05) is 4.90 Å². The van der Waals surface area contributed by atoms with Crippen LogP contribution in [0.15, 0.2) is 36.7 Å². The van der Waals surface area contributed by atoms with Crippen LogP contribution >= 0.6 is 0 Å². The Bertz CT molecular complexity index is 889. The van der Waals surface area contributed by atoms with E-state index in [1.54, 1.807) is 11.0 Å². The van der Waals surface area contributed by atoms with Crippen LogP contribution in [-0.2, 0) is 17.5 Å². The number of aromatic nitrogens is 2. The first kappa shape index (κ1) is 20.8. The molecule has 1 aromatic carbocycles. The van der Waals surface area contributed by atoms with E-state index in [-0.39, 0.29) is 5.91 Å². The summed E-state index contributed by atoms with van der Waals surface area (Å²) in [5.74, 6) is -1.29. The highest BCUT2D eigenvalue weighted by molar-refractivity contribution is 5.93. The van der Waals surface area contributed by atoms with Crippen molar-refractivity contribution in [1.29, 1.82) is 0 Å². The minimum atomic E-state index is -4.37. The lowest BCUT2D eigenvalue weighted by atomic mass is 10.1. The Balaban J connectivity index is 1.57. The van der Waals surface area contributed by atoms with E-state index in [0.29, 0.717) is 43.9 Å². The standard InChI is InChI=1S/C19H21F3N4O3/c1-13(18(28)29)26-12-15(10-23-26)17(27)25-7-5-24(6-8-25)11-14-3-2-4-16(9-14)19(20,21)22/h2-4,9-10,12-13H,5-8,11H2,1H3,(H,28,29). The molecule has 1 aliphatic rings. The summed E-state index contributed by atoms with van der Waals surface area (Å²) in [5, 5.41) is 13.0. The van der Waals surface area contributed by atoms with Crippen LogP contribution < -0.4 is 0 Å². The van der Waals surface area contributed by atoms with E-state index in [1.165, 1.54) is 30.1 Å². The summed E-state index contributed by atoms with van der Waals surface area (Å²) < 4.78 is 39.8. The number of amides is 1. The molecular weight excluding hydrogens is 389 g/mol. The highest BCUT2D eigenvalue weighted by Crippen LogP contribution is 2.29. The highest BCUT2D eigenvalue weighted by atomic mass is 19.4. The fourth-order valence-corrected chi connectivity index (χ4v) is 3.17. The van der Waals surface area contributed by atoms with Crippen LogP contribution in [0.5, 0.6) is 0 Å². The summed E-state index contributed by atoms with van der Waals surface area (Å²) in [6.45, 7) is 3.76. The molecule has 10 heteroatoms. The molecule has 2 heterocycles. The van der Waals surface area contributed by atoms with Crippen molar-refractivity contribution < 1.29 is 27.9 Å². The summed E-state index contributed by atoms with van der Waals surface area (Å²) in [5.41, 5.74) is 0.212. The Morgan fingerprint density at radius 2 is 1.90 bits per heavy atom. The Kier molecular flexibility index (Phi) is 5.92. The van der Waals surface area contributed by atoms with Crippen molar-refractivity contribution in [1.82, 2.24) is 19.6 Å². The van der Waals surface area contributed by atoms with Gasteiger partial charge in [-0.15, -0.1) is 0 Å². The fraction of sp³-hybridized carbons (Fsp3) is 0.421. The van der Waals surface area contributed by atoms with Crippen LogP contribution in [0, 0.1) is 0 Å². The van der Waals surface area contributed by atoms with Crippen molar-refractivity contribution in [3.63, 3.8) is 0 Å². The molecular formula is C19H21F3N4O3. The first-order valence-electron chi connectivity index (χ1n) is 9.10. The van der Waals surface area contributed by atoms with Gasteiger partial charge in [0.1, 0.15) is 6.04 Å². The zero-order valence-electron chi connectivity index (χ0n) is 15.8. The Hall–Kier alpha value is -2.88. The number of alkyl halides is 3. The van der Waals surface area contributed by atoms with Crippen LogP contribution in [-0.4, -0.2) is 62.7 Å². The molecule has 156 valence electrons. The van der Waals surface area contributed by atoms with Gasteiger partial charge < -0.3 is 10.0 Å². The SMILES string of the molecule is CC(C(=O)O)n1cc(C(=O)N2CCN(Cc3cccc(C(F)(F)F)c3)CC2)cn1. The minimum absolute atomic E-state index is 0.243. The third kappa shape index (κ3) is 4.94. The second-order valence-electron chi connectivity index (χ2n) is 6.99. The van der Waals surface area contributed by atoms with Gasteiger partial charge in [-0.3, -0.25) is 14.4 Å². The van der Waals surface area contributed by atoms with Gasteiger partial charge in [-0.2, -0.15) is 18.3 Å². The van der Waals surface area contributed by atoms with Crippen molar-refractivity contribution in [3.05, 3.63) is 53.3 Å². The van der Waals surface area contributed by atoms with E-state index in [4.69, 9.17) is 5.11 Å². The predicted molar refractivity (Wildman–Crippen MR) is 97.2 cm³/mol. The molecule has 1 fully saturated rings. The van der Waals surface area contributed by atoms with Crippen LogP contribution in [0.3, 0.4) is 0 Å². The van der Waals surface area contributed by atoms with Gasteiger partial charge in [0.25, 0.3) is 5.91 Å². The van der Waals surface area contributed by atoms with E-state index in [2.05, 4.69) is 5.10 Å². The van der Waals surface area contributed by atoms with E-state index >= 15 is 0 Å². The zero-order chi connectivity index (χ0) is 21.2. The van der Waals surface area contributed by atoms with Crippen molar-refractivity contribution in [3.8, 4) is 0 Å². The Morgan fingerprint density at radius 3 is 2.52 bits per heavy atom. The molecule has 1 atom stereocenters. The number of aliphatic carboxylic acids is 1. The van der Waals surface area contributed by atoms with Crippen LogP contribution in [0.1, 0.15) is 34.5 Å². The number of carbonyl (C=O) groups excluding carboxylic acids is 1. The molecule has 1 amide bonds. The van der Waals surface area contributed by atoms with Crippen LogP contribution in [0.2, 0.25) is 0 Å². The predicted octanol–water partition coefficient (Wildman–Crippen LogP) is 2.51. The largest absolute Gasteiger partial charge is 0.480 e. The monoisotopic (exact) mass is 410 g/mol. The van der Waals surface area contributed by atoms with Crippen LogP contribution in [0.25, 0.3) is 0 Å². The summed E-state index contributed by atoms with van der Waals surface area (Å²) in [6.07, 6.45) is -1.61. The average molecular weight is 410 g/mol. The number of carboxylic acid groups (broad SMARTS) is 1. The lowest BCUT2D eigenvalue weighted by Crippen LogP contribution is -2.48. The van der Waals surface area contributed by atoms with Crippen molar-refractivity contribution in [2.24, 2.45) is 0 Å². The smallest absolute Gasteiger partial charge is 0.416 e. The molecule has 3 rings (SSSR count). The molecule has 0 radical (unpaired) electrons. The third-order valence-electron chi connectivity index (χ3n) is 4.92. The van der Waals surface area contributed by atoms with Crippen molar-refractivity contribution in [2.45, 2.75) is 25.7 Å². The molecule has 0 spiro atoms. The van der Waals surface area contributed by atoms with Crippen LogP contribution in [0.4, 0.5) is 13.2 Å². The summed E-state index contributed by atoms with van der Waals surface area (Å²) >= 11 is 0. The second kappa shape index (κ2) is 8.24. The number of carboxylic acids is 1. The zero-order valence-corrected chi connectivity index (χ0v) is 15.8. The topological polar surface area (TPSA) is 78.7 Å². The molecule has 1 saturated heterocycles. The van der Waals surface area contributed by atoms with Gasteiger partial charge in [-0.05, 0) is 18.6 Å². The molecule has 2 aromatic rings. The molecule has 29 heavy (non-hydrogen) atoms. The number of piperazine rings is 1. The first-order valence-corrected chi connectivity index (χ1v) is 9.10. The first-order chi connectivity index (χ1) is 13.6. The van der Waals surface area contributed by atoms with Gasteiger partial charge in [0.05, 0.1) is 17.3 Å². The van der Waals surface area contributed by atoms with Crippen molar-refractivity contribution >= 4 is 11.9 Å². The second-order valence-corrected chi connectivity index (χ2v) is 6.99. The number of nitrogens with zero attached hydrogens (tertiary/aromatic N) is 4. The maximum Gasteiger partial charge on any atom is 0.416 e. The number of halogens is 3. The lowest BCUT2D eigenvalue weighted by Gasteiger charge is -2.34. The molecule has 1 N–H and O–H groups in total. The average Bonchev–Trinajstić information content (AvgIpc) is 3.17. The van der Waals surface area contributed by atoms with Gasteiger partial charge in [-0.25, -0.2) is 4.79 Å². The summed E-state index contributed by atoms with van der Waals surface area (Å²) in [6, 6.07) is 4.38. The molecule has 1 aromatic heterocycles. The molecule has 0 aliphatic carbocycles. The van der Waals surface area contributed by atoms with Gasteiger partial charge in [0.15, 0.2) is 0 Å². The van der Waals surface area contributed by atoms with Gasteiger partial charge in [-0.1, -0.05) is 18.2 Å². The third-order valence-corrected chi connectivity index (χ3v) is 4.92. The molecule has 1 unspecified atom stereocenters. The number of hydrogen-bond donors (Lipinski definition) is 1. The van der Waals surface area contributed by atoms with Gasteiger partial charge in [0.2, 0.25) is 0 Å². The lowest BCUT2D eigenvalue weighted by molar-refractivity contribution is -0.140.